The third kappa shape index (κ3) is 5.67. The van der Waals surface area contributed by atoms with E-state index in [4.69, 9.17) is 0 Å². The van der Waals surface area contributed by atoms with Crippen LogP contribution in [0.1, 0.15) is 39.2 Å². The summed E-state index contributed by atoms with van der Waals surface area (Å²) in [5.74, 6) is 0.839. The summed E-state index contributed by atoms with van der Waals surface area (Å²) in [4.78, 5) is 8.92. The number of piperidine rings is 1. The summed E-state index contributed by atoms with van der Waals surface area (Å²) in [5.41, 5.74) is 1.20. The van der Waals surface area contributed by atoms with Gasteiger partial charge in [-0.1, -0.05) is 13.0 Å². The van der Waals surface area contributed by atoms with Crippen LogP contribution in [0.3, 0.4) is 0 Å². The molecule has 1 aromatic rings. The molecule has 1 N–H and O–H groups in total. The molecule has 4 nitrogen and oxygen atoms in total. The van der Waals surface area contributed by atoms with E-state index in [1.54, 1.807) is 6.20 Å². The molecule has 0 spiro atoms. The number of nitrogens with zero attached hydrogens (tertiary/aromatic N) is 3. The van der Waals surface area contributed by atoms with Crippen LogP contribution in [0.5, 0.6) is 0 Å². The van der Waals surface area contributed by atoms with E-state index in [9.17, 15) is 5.11 Å². The van der Waals surface area contributed by atoms with E-state index in [-0.39, 0.29) is 6.10 Å². The first kappa shape index (κ1) is 17.4. The van der Waals surface area contributed by atoms with Crippen molar-refractivity contribution < 1.29 is 5.11 Å². The molecule has 1 aromatic heterocycles. The smallest absolute Gasteiger partial charge is 0.0794 e. The first-order valence-corrected chi connectivity index (χ1v) is 8.58. The molecule has 22 heavy (non-hydrogen) atoms. The second-order valence-electron chi connectivity index (χ2n) is 7.02. The Labute approximate surface area is 135 Å². The van der Waals surface area contributed by atoms with Crippen LogP contribution in [0.2, 0.25) is 0 Å². The largest absolute Gasteiger partial charge is 0.390 e. The van der Waals surface area contributed by atoms with Gasteiger partial charge in [-0.25, -0.2) is 0 Å². The fourth-order valence-electron chi connectivity index (χ4n) is 3.06. The van der Waals surface area contributed by atoms with Crippen molar-refractivity contribution in [1.82, 2.24) is 14.8 Å². The maximum absolute atomic E-state index is 10.5. The Kier molecular flexibility index (Phi) is 6.80. The van der Waals surface area contributed by atoms with Gasteiger partial charge in [0.05, 0.1) is 6.10 Å². The Balaban J connectivity index is 1.82. The normalized spacial score (nSPS) is 19.0. The molecule has 1 aliphatic rings. The van der Waals surface area contributed by atoms with Crippen LogP contribution in [-0.4, -0.2) is 58.2 Å². The quantitative estimate of drug-likeness (QED) is 0.839. The molecule has 4 heteroatoms. The average Bonchev–Trinajstić information content (AvgIpc) is 2.50. The summed E-state index contributed by atoms with van der Waals surface area (Å²) in [6.45, 7) is 11.3. The molecule has 0 amide bonds. The first-order chi connectivity index (χ1) is 10.5. The minimum absolute atomic E-state index is 0.285. The van der Waals surface area contributed by atoms with Crippen molar-refractivity contribution in [2.45, 2.75) is 52.3 Å². The van der Waals surface area contributed by atoms with Gasteiger partial charge in [0.15, 0.2) is 0 Å². The highest BCUT2D eigenvalue weighted by atomic mass is 16.3. The SMILES string of the molecule is CC1CCN(CC(O)CN(Cc2cccnc2)C(C)C)CC1. The van der Waals surface area contributed by atoms with E-state index in [1.807, 2.05) is 12.3 Å². The van der Waals surface area contributed by atoms with E-state index >= 15 is 0 Å². The molecule has 1 saturated heterocycles. The molecule has 0 radical (unpaired) electrons. The molecular weight excluding hydrogens is 274 g/mol. The fourth-order valence-corrected chi connectivity index (χ4v) is 3.06. The molecule has 1 fully saturated rings. The van der Waals surface area contributed by atoms with Crippen molar-refractivity contribution in [2.75, 3.05) is 26.2 Å². The van der Waals surface area contributed by atoms with Crippen LogP contribution in [0.4, 0.5) is 0 Å². The first-order valence-electron chi connectivity index (χ1n) is 8.58. The highest BCUT2D eigenvalue weighted by Gasteiger charge is 2.21. The maximum Gasteiger partial charge on any atom is 0.0794 e. The predicted molar refractivity (Wildman–Crippen MR) is 90.6 cm³/mol. The van der Waals surface area contributed by atoms with Crippen LogP contribution in [0.25, 0.3) is 0 Å². The molecule has 0 saturated carbocycles. The third-order valence-electron chi connectivity index (χ3n) is 4.63. The molecule has 1 aliphatic heterocycles. The van der Waals surface area contributed by atoms with Gasteiger partial charge in [0.2, 0.25) is 0 Å². The van der Waals surface area contributed by atoms with E-state index < -0.39 is 0 Å². The summed E-state index contributed by atoms with van der Waals surface area (Å²) >= 11 is 0. The molecule has 1 unspecified atom stereocenters. The van der Waals surface area contributed by atoms with E-state index in [0.29, 0.717) is 6.04 Å². The van der Waals surface area contributed by atoms with Gasteiger partial charge >= 0.3 is 0 Å². The lowest BCUT2D eigenvalue weighted by Crippen LogP contribution is -2.44. The lowest BCUT2D eigenvalue weighted by atomic mass is 9.99. The van der Waals surface area contributed by atoms with Crippen LogP contribution < -0.4 is 0 Å². The van der Waals surface area contributed by atoms with Crippen LogP contribution in [0, 0.1) is 5.92 Å². The minimum Gasteiger partial charge on any atom is -0.390 e. The van der Waals surface area contributed by atoms with Gasteiger partial charge in [-0.15, -0.1) is 0 Å². The summed E-state index contributed by atoms with van der Waals surface area (Å²) < 4.78 is 0. The van der Waals surface area contributed by atoms with Gasteiger partial charge in [-0.2, -0.15) is 0 Å². The Morgan fingerprint density at radius 1 is 1.36 bits per heavy atom. The summed E-state index contributed by atoms with van der Waals surface area (Å²) in [6.07, 6.45) is 5.95. The molecular formula is C18H31N3O. The van der Waals surface area contributed by atoms with E-state index in [1.165, 1.54) is 18.4 Å². The number of aliphatic hydroxyl groups excluding tert-OH is 1. The second kappa shape index (κ2) is 8.61. The monoisotopic (exact) mass is 305 g/mol. The van der Waals surface area contributed by atoms with Crippen molar-refractivity contribution in [1.29, 1.82) is 0 Å². The zero-order chi connectivity index (χ0) is 15.9. The van der Waals surface area contributed by atoms with Gasteiger partial charge in [0.25, 0.3) is 0 Å². The highest BCUT2D eigenvalue weighted by molar-refractivity contribution is 5.08. The lowest BCUT2D eigenvalue weighted by Gasteiger charge is -2.34. The van der Waals surface area contributed by atoms with Gasteiger partial charge in [-0.05, 0) is 57.3 Å². The van der Waals surface area contributed by atoms with Crippen molar-refractivity contribution >= 4 is 0 Å². The van der Waals surface area contributed by atoms with Crippen LogP contribution >= 0.6 is 0 Å². The van der Waals surface area contributed by atoms with Crippen molar-refractivity contribution in [3.63, 3.8) is 0 Å². The Hall–Kier alpha value is -0.970. The minimum atomic E-state index is -0.285. The molecule has 0 aliphatic carbocycles. The summed E-state index contributed by atoms with van der Waals surface area (Å²) in [6, 6.07) is 4.48. The number of β-amino-alcohol motifs (C(OH)–C–C–N with tert-alkyl or cyclic N) is 1. The molecule has 1 atom stereocenters. The Bertz CT molecular complexity index is 416. The lowest BCUT2D eigenvalue weighted by molar-refractivity contribution is 0.0495. The van der Waals surface area contributed by atoms with Gasteiger partial charge in [-0.3, -0.25) is 9.88 Å². The van der Waals surface area contributed by atoms with Crippen LogP contribution in [0.15, 0.2) is 24.5 Å². The van der Waals surface area contributed by atoms with Crippen LogP contribution in [-0.2, 0) is 6.54 Å². The zero-order valence-electron chi connectivity index (χ0n) is 14.3. The number of pyridine rings is 1. The maximum atomic E-state index is 10.5. The standard InChI is InChI=1S/C18H31N3O/c1-15(2)21(12-17-5-4-8-19-11-17)14-18(22)13-20-9-6-16(3)7-10-20/h4-5,8,11,15-16,18,22H,6-7,9-10,12-14H2,1-3H3. The average molecular weight is 305 g/mol. The molecule has 124 valence electrons. The van der Waals surface area contributed by atoms with Gasteiger partial charge in [0.1, 0.15) is 0 Å². The summed E-state index contributed by atoms with van der Waals surface area (Å²) in [7, 11) is 0. The van der Waals surface area contributed by atoms with E-state index in [2.05, 4.69) is 41.6 Å². The predicted octanol–water partition coefficient (Wildman–Crippen LogP) is 2.38. The molecule has 2 heterocycles. The number of hydrogen-bond acceptors (Lipinski definition) is 4. The highest BCUT2D eigenvalue weighted by Crippen LogP contribution is 2.16. The number of hydrogen-bond donors (Lipinski definition) is 1. The Morgan fingerprint density at radius 2 is 2.09 bits per heavy atom. The molecule has 2 rings (SSSR count). The van der Waals surface area contributed by atoms with E-state index in [0.717, 1.165) is 38.6 Å². The fraction of sp³-hybridized carbons (Fsp3) is 0.722. The van der Waals surface area contributed by atoms with Gasteiger partial charge in [0, 0.05) is 38.1 Å². The van der Waals surface area contributed by atoms with Gasteiger partial charge < -0.3 is 10.0 Å². The topological polar surface area (TPSA) is 39.6 Å². The Morgan fingerprint density at radius 3 is 2.68 bits per heavy atom. The van der Waals surface area contributed by atoms with Crippen molar-refractivity contribution in [3.8, 4) is 0 Å². The summed E-state index contributed by atoms with van der Waals surface area (Å²) in [5, 5.41) is 10.5. The molecule has 0 aromatic carbocycles. The number of aromatic nitrogens is 1. The number of rotatable bonds is 7. The number of aliphatic hydroxyl groups is 1. The zero-order valence-corrected chi connectivity index (χ0v) is 14.3. The molecule has 0 bridgehead atoms. The van der Waals surface area contributed by atoms with Crippen molar-refractivity contribution in [2.24, 2.45) is 5.92 Å². The number of likely N-dealkylation sites (tertiary alicyclic amines) is 1. The third-order valence-corrected chi connectivity index (χ3v) is 4.63. The second-order valence-corrected chi connectivity index (χ2v) is 7.02. The van der Waals surface area contributed by atoms with Crippen molar-refractivity contribution in [3.05, 3.63) is 30.1 Å².